The zero-order valence-corrected chi connectivity index (χ0v) is 11.7. The Morgan fingerprint density at radius 1 is 1.44 bits per heavy atom. The van der Waals surface area contributed by atoms with E-state index in [2.05, 4.69) is 37.4 Å². The molecular formula is C15H20O2S. The highest BCUT2D eigenvalue weighted by molar-refractivity contribution is 7.98. The van der Waals surface area contributed by atoms with Gasteiger partial charge in [-0.1, -0.05) is 19.1 Å². The monoisotopic (exact) mass is 264 g/mol. The Bertz CT molecular complexity index is 413. The topological polar surface area (TPSA) is 37.3 Å². The molecule has 2 nitrogen and oxygen atoms in total. The summed E-state index contributed by atoms with van der Waals surface area (Å²) in [6, 6.07) is 8.70. The fourth-order valence-corrected chi connectivity index (χ4v) is 3.00. The van der Waals surface area contributed by atoms with Crippen LogP contribution in [0.2, 0.25) is 0 Å². The molecule has 1 aromatic carbocycles. The molecule has 3 atom stereocenters. The third kappa shape index (κ3) is 3.08. The highest BCUT2D eigenvalue weighted by Gasteiger charge is 2.43. The van der Waals surface area contributed by atoms with Crippen molar-refractivity contribution < 1.29 is 9.90 Å². The van der Waals surface area contributed by atoms with E-state index in [4.69, 9.17) is 5.11 Å². The van der Waals surface area contributed by atoms with Gasteiger partial charge in [-0.05, 0) is 55.1 Å². The molecule has 1 N–H and O–H groups in total. The van der Waals surface area contributed by atoms with Gasteiger partial charge in [-0.2, -0.15) is 0 Å². The number of carboxylic acid groups (broad SMARTS) is 1. The van der Waals surface area contributed by atoms with E-state index < -0.39 is 5.97 Å². The number of thioether (sulfide) groups is 1. The number of benzene rings is 1. The Balaban J connectivity index is 1.98. The standard InChI is InChI=1S/C15H20O2S/c1-3-10(8-12-9-14(12)15(16)17)11-4-6-13(18-2)7-5-11/h4-7,10,12,14H,3,8-9H2,1-2H3,(H,16,17). The molecule has 0 radical (unpaired) electrons. The third-order valence-corrected chi connectivity index (χ3v) is 4.65. The van der Waals surface area contributed by atoms with Crippen molar-refractivity contribution >= 4 is 17.7 Å². The average Bonchev–Trinajstić information content (AvgIpc) is 3.16. The van der Waals surface area contributed by atoms with Crippen LogP contribution >= 0.6 is 11.8 Å². The molecule has 1 aliphatic rings. The summed E-state index contributed by atoms with van der Waals surface area (Å²) < 4.78 is 0. The summed E-state index contributed by atoms with van der Waals surface area (Å²) in [5, 5.41) is 8.95. The zero-order chi connectivity index (χ0) is 13.1. The molecule has 0 heterocycles. The molecule has 98 valence electrons. The van der Waals surface area contributed by atoms with Crippen LogP contribution in [0.3, 0.4) is 0 Å². The molecule has 0 amide bonds. The summed E-state index contributed by atoms with van der Waals surface area (Å²) in [6.45, 7) is 2.19. The molecule has 1 aromatic rings. The Morgan fingerprint density at radius 2 is 2.11 bits per heavy atom. The molecule has 18 heavy (non-hydrogen) atoms. The first-order valence-electron chi connectivity index (χ1n) is 6.52. The summed E-state index contributed by atoms with van der Waals surface area (Å²) >= 11 is 1.75. The van der Waals surface area contributed by atoms with E-state index >= 15 is 0 Å². The minimum atomic E-state index is -0.618. The molecule has 0 bridgehead atoms. The second-order valence-electron chi connectivity index (χ2n) is 5.05. The van der Waals surface area contributed by atoms with E-state index in [1.807, 2.05) is 0 Å². The van der Waals surface area contributed by atoms with E-state index in [0.717, 1.165) is 19.3 Å². The van der Waals surface area contributed by atoms with E-state index in [0.29, 0.717) is 11.8 Å². The minimum Gasteiger partial charge on any atom is -0.481 e. The van der Waals surface area contributed by atoms with Crippen molar-refractivity contribution in [2.75, 3.05) is 6.26 Å². The van der Waals surface area contributed by atoms with Crippen LogP contribution in [0.25, 0.3) is 0 Å². The fraction of sp³-hybridized carbons (Fsp3) is 0.533. The lowest BCUT2D eigenvalue weighted by Crippen LogP contribution is -2.04. The normalized spacial score (nSPS) is 23.7. The van der Waals surface area contributed by atoms with Gasteiger partial charge in [0.15, 0.2) is 0 Å². The van der Waals surface area contributed by atoms with E-state index in [1.165, 1.54) is 10.5 Å². The third-order valence-electron chi connectivity index (χ3n) is 3.91. The van der Waals surface area contributed by atoms with Gasteiger partial charge in [0, 0.05) is 4.90 Å². The van der Waals surface area contributed by atoms with Crippen LogP contribution in [0.4, 0.5) is 0 Å². The summed E-state index contributed by atoms with van der Waals surface area (Å²) in [6.07, 6.45) is 5.05. The molecule has 3 unspecified atom stereocenters. The number of hydrogen-bond donors (Lipinski definition) is 1. The van der Waals surface area contributed by atoms with Gasteiger partial charge in [0.05, 0.1) is 5.92 Å². The van der Waals surface area contributed by atoms with Crippen molar-refractivity contribution in [3.05, 3.63) is 29.8 Å². The lowest BCUT2D eigenvalue weighted by Gasteiger charge is -2.15. The summed E-state index contributed by atoms with van der Waals surface area (Å²) in [5.41, 5.74) is 1.35. The van der Waals surface area contributed by atoms with Crippen LogP contribution in [0.1, 0.15) is 37.7 Å². The first kappa shape index (κ1) is 13.5. The molecule has 1 fully saturated rings. The van der Waals surface area contributed by atoms with Crippen LogP contribution in [-0.2, 0) is 4.79 Å². The van der Waals surface area contributed by atoms with Crippen molar-refractivity contribution in [1.82, 2.24) is 0 Å². The minimum absolute atomic E-state index is 0.0791. The first-order chi connectivity index (χ1) is 8.65. The highest BCUT2D eigenvalue weighted by Crippen LogP contribution is 2.46. The quantitative estimate of drug-likeness (QED) is 0.789. The van der Waals surface area contributed by atoms with Gasteiger partial charge in [-0.3, -0.25) is 4.79 Å². The van der Waals surface area contributed by atoms with Gasteiger partial charge in [0.2, 0.25) is 0 Å². The van der Waals surface area contributed by atoms with Gasteiger partial charge >= 0.3 is 5.97 Å². The van der Waals surface area contributed by atoms with Crippen molar-refractivity contribution in [3.8, 4) is 0 Å². The van der Waals surface area contributed by atoms with Crippen molar-refractivity contribution in [2.24, 2.45) is 11.8 Å². The summed E-state index contributed by atoms with van der Waals surface area (Å²) in [4.78, 5) is 12.1. The summed E-state index contributed by atoms with van der Waals surface area (Å²) in [7, 11) is 0. The Kier molecular flexibility index (Phi) is 4.33. The number of carboxylic acids is 1. The SMILES string of the molecule is CCC(CC1CC1C(=O)O)c1ccc(SC)cc1. The number of carbonyl (C=O) groups is 1. The molecule has 3 heteroatoms. The van der Waals surface area contributed by atoms with E-state index in [9.17, 15) is 4.79 Å². The second-order valence-corrected chi connectivity index (χ2v) is 5.93. The Morgan fingerprint density at radius 3 is 2.56 bits per heavy atom. The lowest BCUT2D eigenvalue weighted by molar-refractivity contribution is -0.138. The maximum Gasteiger partial charge on any atom is 0.306 e. The van der Waals surface area contributed by atoms with Gasteiger partial charge < -0.3 is 5.11 Å². The van der Waals surface area contributed by atoms with Crippen molar-refractivity contribution in [2.45, 2.75) is 37.0 Å². The Labute approximate surface area is 113 Å². The average molecular weight is 264 g/mol. The molecular weight excluding hydrogens is 244 g/mol. The van der Waals surface area contributed by atoms with Crippen LogP contribution in [0, 0.1) is 11.8 Å². The molecule has 0 saturated heterocycles. The number of rotatable bonds is 6. The molecule has 1 aliphatic carbocycles. The predicted molar refractivity (Wildman–Crippen MR) is 75.1 cm³/mol. The van der Waals surface area contributed by atoms with Gasteiger partial charge in [-0.15, -0.1) is 11.8 Å². The summed E-state index contributed by atoms with van der Waals surface area (Å²) in [5.74, 6) is 0.208. The Hall–Kier alpha value is -0.960. The van der Waals surface area contributed by atoms with Crippen LogP contribution in [0.5, 0.6) is 0 Å². The van der Waals surface area contributed by atoms with E-state index in [-0.39, 0.29) is 5.92 Å². The molecule has 0 aliphatic heterocycles. The molecule has 2 rings (SSSR count). The molecule has 0 spiro atoms. The van der Waals surface area contributed by atoms with Gasteiger partial charge in [0.25, 0.3) is 0 Å². The van der Waals surface area contributed by atoms with Crippen LogP contribution in [0.15, 0.2) is 29.2 Å². The smallest absolute Gasteiger partial charge is 0.306 e. The lowest BCUT2D eigenvalue weighted by atomic mass is 9.91. The van der Waals surface area contributed by atoms with Crippen LogP contribution < -0.4 is 0 Å². The first-order valence-corrected chi connectivity index (χ1v) is 7.75. The zero-order valence-electron chi connectivity index (χ0n) is 10.9. The maximum atomic E-state index is 10.9. The highest BCUT2D eigenvalue weighted by atomic mass is 32.2. The fourth-order valence-electron chi connectivity index (χ4n) is 2.59. The van der Waals surface area contributed by atoms with Crippen molar-refractivity contribution in [3.63, 3.8) is 0 Å². The van der Waals surface area contributed by atoms with Crippen LogP contribution in [-0.4, -0.2) is 17.3 Å². The van der Waals surface area contributed by atoms with Gasteiger partial charge in [-0.25, -0.2) is 0 Å². The predicted octanol–water partition coefficient (Wildman–Crippen LogP) is 4.01. The van der Waals surface area contributed by atoms with Gasteiger partial charge in [0.1, 0.15) is 0 Å². The maximum absolute atomic E-state index is 10.9. The number of aliphatic carboxylic acids is 1. The molecule has 1 saturated carbocycles. The second kappa shape index (κ2) is 5.79. The number of hydrogen-bond acceptors (Lipinski definition) is 2. The molecule has 0 aromatic heterocycles. The largest absolute Gasteiger partial charge is 0.481 e. The van der Waals surface area contributed by atoms with Crippen molar-refractivity contribution in [1.29, 1.82) is 0 Å². The van der Waals surface area contributed by atoms with E-state index in [1.54, 1.807) is 11.8 Å².